The number of rotatable bonds is 2. The van der Waals surface area contributed by atoms with E-state index in [1.54, 1.807) is 0 Å². The number of hydrogen-bond acceptors (Lipinski definition) is 3. The van der Waals surface area contributed by atoms with Crippen molar-refractivity contribution in [3.05, 3.63) is 34.6 Å². The second kappa shape index (κ2) is 7.59. The lowest BCUT2D eigenvalue weighted by Crippen LogP contribution is -2.49. The standard InChI is InChI=1S/C15H19ClFN3O.ClH/c16-14-9-11(17)1-2-13(14)15(21)20-6-3-12(10-20)19-7-4-18-5-8-19;/h1-2,9,12,18H,3-8,10H2;1H. The molecule has 7 heteroatoms. The van der Waals surface area contributed by atoms with Gasteiger partial charge in [-0.05, 0) is 24.6 Å². The molecule has 1 aromatic rings. The largest absolute Gasteiger partial charge is 0.337 e. The number of halogens is 3. The van der Waals surface area contributed by atoms with Crippen LogP contribution in [-0.2, 0) is 0 Å². The summed E-state index contributed by atoms with van der Waals surface area (Å²) < 4.78 is 13.1. The van der Waals surface area contributed by atoms with E-state index in [2.05, 4.69) is 10.2 Å². The Kier molecular flexibility index (Phi) is 6.03. The maximum Gasteiger partial charge on any atom is 0.255 e. The number of benzene rings is 1. The quantitative estimate of drug-likeness (QED) is 0.888. The third kappa shape index (κ3) is 3.71. The van der Waals surface area contributed by atoms with E-state index in [-0.39, 0.29) is 23.3 Å². The molecule has 122 valence electrons. The van der Waals surface area contributed by atoms with Crippen molar-refractivity contribution in [2.24, 2.45) is 0 Å². The molecule has 1 aromatic carbocycles. The molecule has 1 N–H and O–H groups in total. The Balaban J connectivity index is 0.00000176. The molecule has 2 aliphatic rings. The van der Waals surface area contributed by atoms with Gasteiger partial charge in [0.05, 0.1) is 10.6 Å². The van der Waals surface area contributed by atoms with Gasteiger partial charge >= 0.3 is 0 Å². The van der Waals surface area contributed by atoms with Crippen molar-refractivity contribution in [2.45, 2.75) is 12.5 Å². The molecule has 0 bridgehead atoms. The minimum absolute atomic E-state index is 0. The van der Waals surface area contributed by atoms with Crippen LogP contribution in [0.15, 0.2) is 18.2 Å². The molecule has 1 atom stereocenters. The van der Waals surface area contributed by atoms with Gasteiger partial charge in [0, 0.05) is 45.3 Å². The Morgan fingerprint density at radius 3 is 2.68 bits per heavy atom. The molecule has 3 rings (SSSR count). The van der Waals surface area contributed by atoms with Gasteiger partial charge in [0.2, 0.25) is 0 Å². The van der Waals surface area contributed by atoms with Crippen LogP contribution in [0.25, 0.3) is 0 Å². The second-order valence-corrected chi connectivity index (χ2v) is 6.01. The van der Waals surface area contributed by atoms with Crippen LogP contribution in [0.3, 0.4) is 0 Å². The van der Waals surface area contributed by atoms with Gasteiger partial charge in [-0.1, -0.05) is 11.6 Å². The molecule has 2 aliphatic heterocycles. The Morgan fingerprint density at radius 1 is 1.27 bits per heavy atom. The summed E-state index contributed by atoms with van der Waals surface area (Å²) in [6.07, 6.45) is 0.991. The number of carbonyl (C=O) groups excluding carboxylic acids is 1. The Bertz CT molecular complexity index is 538. The average Bonchev–Trinajstić information content (AvgIpc) is 2.97. The molecule has 1 unspecified atom stereocenters. The first-order chi connectivity index (χ1) is 10.1. The highest BCUT2D eigenvalue weighted by Gasteiger charge is 2.31. The van der Waals surface area contributed by atoms with E-state index >= 15 is 0 Å². The molecule has 0 spiro atoms. The zero-order chi connectivity index (χ0) is 14.8. The smallest absolute Gasteiger partial charge is 0.255 e. The van der Waals surface area contributed by atoms with Crippen molar-refractivity contribution in [3.8, 4) is 0 Å². The summed E-state index contributed by atoms with van der Waals surface area (Å²) in [6, 6.07) is 4.37. The summed E-state index contributed by atoms with van der Waals surface area (Å²) >= 11 is 5.98. The molecular weight excluding hydrogens is 328 g/mol. The highest BCUT2D eigenvalue weighted by atomic mass is 35.5. The first-order valence-corrected chi connectivity index (χ1v) is 7.72. The average molecular weight is 348 g/mol. The molecule has 4 nitrogen and oxygen atoms in total. The van der Waals surface area contributed by atoms with E-state index in [0.717, 1.165) is 45.7 Å². The lowest BCUT2D eigenvalue weighted by molar-refractivity contribution is 0.0773. The van der Waals surface area contributed by atoms with Gasteiger partial charge < -0.3 is 10.2 Å². The van der Waals surface area contributed by atoms with Crippen LogP contribution >= 0.6 is 24.0 Å². The van der Waals surface area contributed by atoms with Crippen molar-refractivity contribution >= 4 is 29.9 Å². The van der Waals surface area contributed by atoms with Gasteiger partial charge in [0.15, 0.2) is 0 Å². The van der Waals surface area contributed by atoms with E-state index in [9.17, 15) is 9.18 Å². The number of nitrogens with zero attached hydrogens (tertiary/aromatic N) is 2. The van der Waals surface area contributed by atoms with E-state index in [4.69, 9.17) is 11.6 Å². The third-order valence-electron chi connectivity index (χ3n) is 4.28. The molecule has 2 saturated heterocycles. The van der Waals surface area contributed by atoms with Gasteiger partial charge in [-0.3, -0.25) is 9.69 Å². The van der Waals surface area contributed by atoms with Gasteiger partial charge in [-0.15, -0.1) is 12.4 Å². The number of nitrogens with one attached hydrogen (secondary N) is 1. The summed E-state index contributed by atoms with van der Waals surface area (Å²) in [5, 5.41) is 3.52. The van der Waals surface area contributed by atoms with Crippen LogP contribution in [0.4, 0.5) is 4.39 Å². The van der Waals surface area contributed by atoms with Crippen LogP contribution < -0.4 is 5.32 Å². The SMILES string of the molecule is Cl.O=C(c1ccc(F)cc1Cl)N1CCC(N2CCNCC2)C1. The molecular formula is C15H20Cl2FN3O. The van der Waals surface area contributed by atoms with E-state index < -0.39 is 5.82 Å². The van der Waals surface area contributed by atoms with Crippen molar-refractivity contribution in [3.63, 3.8) is 0 Å². The Hall–Kier alpha value is -0.880. The van der Waals surface area contributed by atoms with Crippen molar-refractivity contribution in [1.29, 1.82) is 0 Å². The molecule has 2 fully saturated rings. The summed E-state index contributed by atoms with van der Waals surface area (Å²) in [5.74, 6) is -0.519. The van der Waals surface area contributed by atoms with Crippen LogP contribution in [0.5, 0.6) is 0 Å². The maximum atomic E-state index is 13.1. The summed E-state index contributed by atoms with van der Waals surface area (Å²) in [6.45, 7) is 5.55. The van der Waals surface area contributed by atoms with Gasteiger partial charge in [0.1, 0.15) is 5.82 Å². The number of hydrogen-bond donors (Lipinski definition) is 1. The number of piperazine rings is 1. The zero-order valence-corrected chi connectivity index (χ0v) is 13.8. The number of likely N-dealkylation sites (tertiary alicyclic amines) is 1. The predicted octanol–water partition coefficient (Wildman–Crippen LogP) is 2.02. The van der Waals surface area contributed by atoms with Crippen molar-refractivity contribution < 1.29 is 9.18 Å². The molecule has 1 amide bonds. The van der Waals surface area contributed by atoms with Crippen LogP contribution in [0, 0.1) is 5.82 Å². The summed E-state index contributed by atoms with van der Waals surface area (Å²) in [7, 11) is 0. The normalized spacial score (nSPS) is 22.5. The van der Waals surface area contributed by atoms with Crippen LogP contribution in [-0.4, -0.2) is 61.0 Å². The molecule has 0 saturated carbocycles. The highest BCUT2D eigenvalue weighted by Crippen LogP contribution is 2.23. The van der Waals surface area contributed by atoms with E-state index in [0.29, 0.717) is 11.6 Å². The monoisotopic (exact) mass is 347 g/mol. The molecule has 22 heavy (non-hydrogen) atoms. The zero-order valence-electron chi connectivity index (χ0n) is 12.2. The third-order valence-corrected chi connectivity index (χ3v) is 4.59. The highest BCUT2D eigenvalue weighted by molar-refractivity contribution is 6.33. The minimum atomic E-state index is -0.420. The van der Waals surface area contributed by atoms with Crippen molar-refractivity contribution in [2.75, 3.05) is 39.3 Å². The lowest BCUT2D eigenvalue weighted by Gasteiger charge is -2.32. The molecule has 0 radical (unpaired) electrons. The fourth-order valence-electron chi connectivity index (χ4n) is 3.10. The summed E-state index contributed by atoms with van der Waals surface area (Å²) in [5.41, 5.74) is 0.388. The summed E-state index contributed by atoms with van der Waals surface area (Å²) in [4.78, 5) is 16.8. The second-order valence-electron chi connectivity index (χ2n) is 5.60. The van der Waals surface area contributed by atoms with Crippen molar-refractivity contribution in [1.82, 2.24) is 15.1 Å². The number of carbonyl (C=O) groups is 1. The molecule has 0 aliphatic carbocycles. The lowest BCUT2D eigenvalue weighted by atomic mass is 10.2. The van der Waals surface area contributed by atoms with Crippen LogP contribution in [0.2, 0.25) is 5.02 Å². The topological polar surface area (TPSA) is 35.6 Å². The van der Waals surface area contributed by atoms with Gasteiger partial charge in [-0.25, -0.2) is 4.39 Å². The maximum absolute atomic E-state index is 13.1. The molecule has 0 aromatic heterocycles. The first kappa shape index (κ1) is 17.5. The minimum Gasteiger partial charge on any atom is -0.337 e. The van der Waals surface area contributed by atoms with Crippen LogP contribution in [0.1, 0.15) is 16.8 Å². The van der Waals surface area contributed by atoms with Gasteiger partial charge in [0.25, 0.3) is 5.91 Å². The van der Waals surface area contributed by atoms with E-state index in [1.807, 2.05) is 4.90 Å². The van der Waals surface area contributed by atoms with E-state index in [1.165, 1.54) is 18.2 Å². The Morgan fingerprint density at radius 2 is 2.00 bits per heavy atom. The Labute approximate surface area is 141 Å². The predicted molar refractivity (Wildman–Crippen MR) is 87.4 cm³/mol. The fourth-order valence-corrected chi connectivity index (χ4v) is 3.35. The first-order valence-electron chi connectivity index (χ1n) is 7.34. The fraction of sp³-hybridized carbons (Fsp3) is 0.533. The number of amides is 1. The van der Waals surface area contributed by atoms with Gasteiger partial charge in [-0.2, -0.15) is 0 Å². The molecule has 2 heterocycles.